The Morgan fingerprint density at radius 2 is 2.28 bits per heavy atom. The van der Waals surface area contributed by atoms with Crippen LogP contribution in [0.2, 0.25) is 0 Å². The van der Waals surface area contributed by atoms with Crippen LogP contribution < -0.4 is 4.74 Å². The molecule has 1 aromatic heterocycles. The van der Waals surface area contributed by atoms with Crippen LogP contribution in [0.3, 0.4) is 0 Å². The highest BCUT2D eigenvalue weighted by atomic mass is 16.5. The van der Waals surface area contributed by atoms with E-state index in [0.717, 1.165) is 35.1 Å². The topological polar surface area (TPSA) is 46.0 Å². The van der Waals surface area contributed by atoms with Gasteiger partial charge in [-0.05, 0) is 24.1 Å². The zero-order chi connectivity index (χ0) is 12.5. The quantitative estimate of drug-likeness (QED) is 0.875. The van der Waals surface area contributed by atoms with Crippen LogP contribution in [0.15, 0.2) is 24.4 Å². The summed E-state index contributed by atoms with van der Waals surface area (Å²) in [5.41, 5.74) is 3.85. The van der Waals surface area contributed by atoms with Gasteiger partial charge in [-0.1, -0.05) is 19.4 Å². The second kappa shape index (κ2) is 4.41. The molecule has 0 aliphatic carbocycles. The van der Waals surface area contributed by atoms with E-state index in [1.807, 2.05) is 6.07 Å². The summed E-state index contributed by atoms with van der Waals surface area (Å²) in [6.07, 6.45) is 4.62. The van der Waals surface area contributed by atoms with Crippen LogP contribution in [0.1, 0.15) is 30.9 Å². The van der Waals surface area contributed by atoms with Crippen molar-refractivity contribution in [2.75, 3.05) is 6.61 Å². The Hall–Kier alpha value is -1.90. The van der Waals surface area contributed by atoms with Crippen molar-refractivity contribution in [1.82, 2.24) is 4.98 Å². The maximum Gasteiger partial charge on any atom is 0.147 e. The number of benzene rings is 1. The molecular formula is C15H16N2O. The van der Waals surface area contributed by atoms with Gasteiger partial charge in [0, 0.05) is 23.1 Å². The summed E-state index contributed by atoms with van der Waals surface area (Å²) in [5.74, 6) is 0.757. The van der Waals surface area contributed by atoms with Gasteiger partial charge in [0.15, 0.2) is 0 Å². The minimum absolute atomic E-state index is 0.591. The van der Waals surface area contributed by atoms with Gasteiger partial charge in [0.25, 0.3) is 0 Å². The van der Waals surface area contributed by atoms with E-state index >= 15 is 0 Å². The zero-order valence-corrected chi connectivity index (χ0v) is 10.5. The molecule has 0 radical (unpaired) electrons. The Morgan fingerprint density at radius 3 is 3.11 bits per heavy atom. The molecule has 3 heteroatoms. The van der Waals surface area contributed by atoms with Crippen molar-refractivity contribution < 1.29 is 4.74 Å². The second-order valence-corrected chi connectivity index (χ2v) is 4.68. The Balaban J connectivity index is 2.24. The van der Waals surface area contributed by atoms with Crippen LogP contribution in [0, 0.1) is 5.41 Å². The Labute approximate surface area is 106 Å². The van der Waals surface area contributed by atoms with Gasteiger partial charge in [0.1, 0.15) is 5.75 Å². The van der Waals surface area contributed by atoms with Crippen LogP contribution >= 0.6 is 0 Å². The fraction of sp³-hybridized carbons (Fsp3) is 0.333. The van der Waals surface area contributed by atoms with E-state index in [4.69, 9.17) is 10.1 Å². The minimum Gasteiger partial charge on any atom is -0.491 e. The summed E-state index contributed by atoms with van der Waals surface area (Å²) < 4.78 is 5.60. The van der Waals surface area contributed by atoms with E-state index in [-0.39, 0.29) is 0 Å². The molecule has 1 aliphatic heterocycles. The van der Waals surface area contributed by atoms with E-state index in [2.05, 4.69) is 24.0 Å². The van der Waals surface area contributed by atoms with E-state index in [1.165, 1.54) is 5.56 Å². The third kappa shape index (κ3) is 1.76. The van der Waals surface area contributed by atoms with Crippen molar-refractivity contribution in [2.45, 2.75) is 26.2 Å². The molecule has 92 valence electrons. The van der Waals surface area contributed by atoms with E-state index in [9.17, 15) is 0 Å². The molecule has 3 nitrogen and oxygen atoms in total. The predicted octanol–water partition coefficient (Wildman–Crippen LogP) is 3.34. The molecule has 0 saturated heterocycles. The van der Waals surface area contributed by atoms with Crippen LogP contribution in [0.25, 0.3) is 10.9 Å². The van der Waals surface area contributed by atoms with Gasteiger partial charge in [0.2, 0.25) is 0 Å². The number of nitrogens with one attached hydrogen (secondary N) is 1. The first-order valence-corrected chi connectivity index (χ1v) is 6.42. The zero-order valence-electron chi connectivity index (χ0n) is 10.5. The molecule has 0 saturated carbocycles. The van der Waals surface area contributed by atoms with Crippen molar-refractivity contribution in [3.63, 3.8) is 0 Å². The number of pyridine rings is 1. The number of ether oxygens (including phenoxy) is 1. The summed E-state index contributed by atoms with van der Waals surface area (Å²) in [7, 11) is 0. The third-order valence-electron chi connectivity index (χ3n) is 3.35. The van der Waals surface area contributed by atoms with E-state index in [0.29, 0.717) is 18.7 Å². The molecule has 1 aliphatic rings. The Bertz CT molecular complexity index is 619. The van der Waals surface area contributed by atoms with Gasteiger partial charge in [-0.25, -0.2) is 0 Å². The lowest BCUT2D eigenvalue weighted by Gasteiger charge is -2.19. The van der Waals surface area contributed by atoms with Crippen molar-refractivity contribution in [3.8, 4) is 5.75 Å². The van der Waals surface area contributed by atoms with Gasteiger partial charge >= 0.3 is 0 Å². The molecule has 0 spiro atoms. The molecule has 0 unspecified atom stereocenters. The summed E-state index contributed by atoms with van der Waals surface area (Å²) in [4.78, 5) is 4.41. The first-order chi connectivity index (χ1) is 8.79. The molecule has 0 bridgehead atoms. The lowest BCUT2D eigenvalue weighted by molar-refractivity contribution is 0.319. The molecule has 0 atom stereocenters. The molecule has 3 rings (SSSR count). The number of nitrogens with zero attached hydrogens (tertiary/aromatic N) is 1. The lowest BCUT2D eigenvalue weighted by atomic mass is 9.97. The molecule has 0 amide bonds. The van der Waals surface area contributed by atoms with Gasteiger partial charge < -0.3 is 10.1 Å². The van der Waals surface area contributed by atoms with Crippen molar-refractivity contribution >= 4 is 16.6 Å². The van der Waals surface area contributed by atoms with Crippen molar-refractivity contribution in [3.05, 3.63) is 35.5 Å². The lowest BCUT2D eigenvalue weighted by Crippen LogP contribution is -2.16. The number of aromatic nitrogens is 1. The van der Waals surface area contributed by atoms with E-state index in [1.54, 1.807) is 6.20 Å². The highest BCUT2D eigenvalue weighted by Crippen LogP contribution is 2.31. The fourth-order valence-electron chi connectivity index (χ4n) is 2.47. The van der Waals surface area contributed by atoms with Gasteiger partial charge in [-0.15, -0.1) is 0 Å². The first kappa shape index (κ1) is 11.2. The molecule has 2 heterocycles. The predicted molar refractivity (Wildman–Crippen MR) is 72.7 cm³/mol. The molecule has 18 heavy (non-hydrogen) atoms. The SMILES string of the molecule is CCCc1ccc2ncc3c(c2c1)C(=N)CCO3. The van der Waals surface area contributed by atoms with Crippen LogP contribution in [-0.2, 0) is 6.42 Å². The third-order valence-corrected chi connectivity index (χ3v) is 3.35. The fourth-order valence-corrected chi connectivity index (χ4v) is 2.47. The smallest absolute Gasteiger partial charge is 0.147 e. The van der Waals surface area contributed by atoms with Gasteiger partial charge in [0.05, 0.1) is 18.3 Å². The Morgan fingerprint density at radius 1 is 1.39 bits per heavy atom. The van der Waals surface area contributed by atoms with Gasteiger partial charge in [-0.3, -0.25) is 4.98 Å². The minimum atomic E-state index is 0.591. The molecule has 0 fully saturated rings. The van der Waals surface area contributed by atoms with Crippen LogP contribution in [0.4, 0.5) is 0 Å². The summed E-state index contributed by atoms with van der Waals surface area (Å²) in [6, 6.07) is 6.33. The average molecular weight is 240 g/mol. The normalized spacial score (nSPS) is 14.4. The molecule has 1 aromatic carbocycles. The van der Waals surface area contributed by atoms with Crippen molar-refractivity contribution in [2.24, 2.45) is 0 Å². The number of fused-ring (bicyclic) bond motifs is 3. The summed E-state index contributed by atoms with van der Waals surface area (Å²) in [6.45, 7) is 2.77. The summed E-state index contributed by atoms with van der Waals surface area (Å²) in [5, 5.41) is 9.18. The monoisotopic (exact) mass is 240 g/mol. The molecular weight excluding hydrogens is 224 g/mol. The maximum absolute atomic E-state index is 8.12. The largest absolute Gasteiger partial charge is 0.491 e. The van der Waals surface area contributed by atoms with E-state index < -0.39 is 0 Å². The number of hydrogen-bond acceptors (Lipinski definition) is 3. The standard InChI is InChI=1S/C15H16N2O/c1-2-3-10-4-5-13-11(8-10)15-12(16)6-7-18-14(15)9-17-13/h4-5,8-9,16H,2-3,6-7H2,1H3. The number of rotatable bonds is 2. The number of hydrogen-bond donors (Lipinski definition) is 1. The van der Waals surface area contributed by atoms with Crippen molar-refractivity contribution in [1.29, 1.82) is 5.41 Å². The van der Waals surface area contributed by atoms with Crippen LogP contribution in [-0.4, -0.2) is 17.3 Å². The van der Waals surface area contributed by atoms with Gasteiger partial charge in [-0.2, -0.15) is 0 Å². The molecule has 2 aromatic rings. The Kier molecular flexibility index (Phi) is 2.74. The highest BCUT2D eigenvalue weighted by Gasteiger charge is 2.19. The highest BCUT2D eigenvalue weighted by molar-refractivity contribution is 6.11. The molecule has 1 N–H and O–H groups in total. The first-order valence-electron chi connectivity index (χ1n) is 6.42. The second-order valence-electron chi connectivity index (χ2n) is 4.68. The average Bonchev–Trinajstić information content (AvgIpc) is 2.39. The summed E-state index contributed by atoms with van der Waals surface area (Å²) >= 11 is 0. The van der Waals surface area contributed by atoms with Crippen LogP contribution in [0.5, 0.6) is 5.75 Å². The maximum atomic E-state index is 8.12. The number of aryl methyl sites for hydroxylation is 1.